The summed E-state index contributed by atoms with van der Waals surface area (Å²) in [5.41, 5.74) is 4.96. The van der Waals surface area contributed by atoms with Crippen LogP contribution in [0.4, 0.5) is 4.39 Å². The zero-order chi connectivity index (χ0) is 23.9. The number of carbonyl (C=O) groups excluding carboxylic acids is 1. The van der Waals surface area contributed by atoms with Gasteiger partial charge in [-0.25, -0.2) is 9.82 Å². The zero-order valence-electron chi connectivity index (χ0n) is 18.4. The second kappa shape index (κ2) is 10.9. The third kappa shape index (κ3) is 5.80. The van der Waals surface area contributed by atoms with E-state index >= 15 is 0 Å². The van der Waals surface area contributed by atoms with E-state index in [1.54, 1.807) is 25.3 Å². The summed E-state index contributed by atoms with van der Waals surface area (Å²) in [5, 5.41) is 6.32. The Balaban J connectivity index is 1.42. The van der Waals surface area contributed by atoms with E-state index < -0.39 is 0 Å². The van der Waals surface area contributed by atoms with Crippen LogP contribution < -0.4 is 14.9 Å². The summed E-state index contributed by atoms with van der Waals surface area (Å²) in [4.78, 5) is 12.1. The molecule has 0 aliphatic carbocycles. The number of rotatable bonds is 8. The fraction of sp³-hybridized carbons (Fsp3) is 0.111. The summed E-state index contributed by atoms with van der Waals surface area (Å²) < 4.78 is 25.3. The van der Waals surface area contributed by atoms with Crippen molar-refractivity contribution in [3.05, 3.63) is 106 Å². The monoisotopic (exact) mass is 520 g/mol. The van der Waals surface area contributed by atoms with Crippen molar-refractivity contribution in [2.45, 2.75) is 13.0 Å². The van der Waals surface area contributed by atoms with E-state index in [4.69, 9.17) is 9.47 Å². The van der Waals surface area contributed by atoms with Crippen LogP contribution in [0.15, 0.2) is 88.4 Å². The highest BCUT2D eigenvalue weighted by molar-refractivity contribution is 9.10. The molecule has 0 saturated heterocycles. The smallest absolute Gasteiger partial charge is 0.244 e. The topological polar surface area (TPSA) is 59.9 Å². The number of hydrogen-bond acceptors (Lipinski definition) is 4. The van der Waals surface area contributed by atoms with Gasteiger partial charge in [-0.1, -0.05) is 54.6 Å². The van der Waals surface area contributed by atoms with Crippen LogP contribution in [0.1, 0.15) is 16.7 Å². The first-order chi connectivity index (χ1) is 16.5. The Hall–Kier alpha value is -3.71. The standard InChI is InChI=1S/C27H22BrFN2O3/c1-33-25-14-21(16-30-31-27(32)13-18-9-11-22(29)12-10-18)24(28)15-26(25)34-17-20-7-4-6-19-5-2-3-8-23(19)20/h2-12,14-16H,13,17H2,1H3,(H,31,32)/b30-16+. The van der Waals surface area contributed by atoms with Crippen LogP contribution in [0.25, 0.3) is 10.8 Å². The van der Waals surface area contributed by atoms with Crippen molar-refractivity contribution in [3.8, 4) is 11.5 Å². The maximum Gasteiger partial charge on any atom is 0.244 e. The second-order valence-corrected chi connectivity index (χ2v) is 8.40. The first-order valence-electron chi connectivity index (χ1n) is 10.6. The lowest BCUT2D eigenvalue weighted by Gasteiger charge is -2.14. The molecule has 0 radical (unpaired) electrons. The summed E-state index contributed by atoms with van der Waals surface area (Å²) in [5.74, 6) is 0.480. The van der Waals surface area contributed by atoms with Gasteiger partial charge in [0.15, 0.2) is 11.5 Å². The minimum Gasteiger partial charge on any atom is -0.493 e. The molecule has 4 aromatic rings. The van der Waals surface area contributed by atoms with Crippen LogP contribution in [0, 0.1) is 5.82 Å². The third-order valence-electron chi connectivity index (χ3n) is 5.22. The lowest BCUT2D eigenvalue weighted by molar-refractivity contribution is -0.120. The highest BCUT2D eigenvalue weighted by Crippen LogP contribution is 2.34. The molecule has 0 atom stereocenters. The lowest BCUT2D eigenvalue weighted by Crippen LogP contribution is -2.19. The number of ether oxygens (including phenoxy) is 2. The molecule has 0 aliphatic heterocycles. The van der Waals surface area contributed by atoms with Crippen molar-refractivity contribution in [1.29, 1.82) is 0 Å². The molecule has 0 bridgehead atoms. The predicted octanol–water partition coefficient (Wildman–Crippen LogP) is 6.02. The Labute approximate surface area is 205 Å². The van der Waals surface area contributed by atoms with Gasteiger partial charge in [0.25, 0.3) is 0 Å². The fourth-order valence-corrected chi connectivity index (χ4v) is 3.92. The highest BCUT2D eigenvalue weighted by Gasteiger charge is 2.11. The van der Waals surface area contributed by atoms with Gasteiger partial charge in [-0.2, -0.15) is 5.10 Å². The Morgan fingerprint density at radius 3 is 2.59 bits per heavy atom. The maximum atomic E-state index is 13.0. The minimum absolute atomic E-state index is 0.100. The van der Waals surface area contributed by atoms with Crippen molar-refractivity contribution in [3.63, 3.8) is 0 Å². The number of carbonyl (C=O) groups is 1. The van der Waals surface area contributed by atoms with Gasteiger partial charge in [0.2, 0.25) is 5.91 Å². The summed E-state index contributed by atoms with van der Waals surface area (Å²) in [6.45, 7) is 0.386. The first-order valence-corrected chi connectivity index (χ1v) is 11.4. The number of fused-ring (bicyclic) bond motifs is 1. The van der Waals surface area contributed by atoms with E-state index in [-0.39, 0.29) is 18.1 Å². The normalized spacial score (nSPS) is 11.0. The van der Waals surface area contributed by atoms with Crippen LogP contribution in [0.2, 0.25) is 0 Å². The van der Waals surface area contributed by atoms with E-state index in [0.29, 0.717) is 29.2 Å². The number of nitrogens with zero attached hydrogens (tertiary/aromatic N) is 1. The van der Waals surface area contributed by atoms with E-state index in [9.17, 15) is 9.18 Å². The molecule has 34 heavy (non-hydrogen) atoms. The van der Waals surface area contributed by atoms with Gasteiger partial charge in [0.05, 0.1) is 19.7 Å². The van der Waals surface area contributed by atoms with E-state index in [1.165, 1.54) is 18.3 Å². The molecule has 7 heteroatoms. The highest BCUT2D eigenvalue weighted by atomic mass is 79.9. The largest absolute Gasteiger partial charge is 0.493 e. The molecule has 0 aromatic heterocycles. The van der Waals surface area contributed by atoms with E-state index in [0.717, 1.165) is 20.8 Å². The average Bonchev–Trinajstić information content (AvgIpc) is 2.85. The number of amides is 1. The number of halogens is 2. The molecule has 0 saturated carbocycles. The second-order valence-electron chi connectivity index (χ2n) is 7.55. The van der Waals surface area contributed by atoms with Gasteiger partial charge in [-0.15, -0.1) is 0 Å². The quantitative estimate of drug-likeness (QED) is 0.228. The van der Waals surface area contributed by atoms with Crippen LogP contribution in [0.5, 0.6) is 11.5 Å². The molecule has 0 heterocycles. The molecule has 172 valence electrons. The first kappa shape index (κ1) is 23.4. The molecule has 0 spiro atoms. The van der Waals surface area contributed by atoms with Gasteiger partial charge in [0, 0.05) is 10.0 Å². The van der Waals surface area contributed by atoms with Gasteiger partial charge in [-0.3, -0.25) is 4.79 Å². The van der Waals surface area contributed by atoms with Gasteiger partial charge < -0.3 is 9.47 Å². The summed E-state index contributed by atoms with van der Waals surface area (Å²) in [6.07, 6.45) is 1.62. The summed E-state index contributed by atoms with van der Waals surface area (Å²) in [6, 6.07) is 23.7. The molecule has 1 amide bonds. The molecule has 4 aromatic carbocycles. The molecule has 0 unspecified atom stereocenters. The zero-order valence-corrected chi connectivity index (χ0v) is 20.0. The molecule has 4 rings (SSSR count). The molecular weight excluding hydrogens is 499 g/mol. The number of methoxy groups -OCH3 is 1. The van der Waals surface area contributed by atoms with Gasteiger partial charge >= 0.3 is 0 Å². The number of benzene rings is 4. The van der Waals surface area contributed by atoms with Crippen LogP contribution in [-0.4, -0.2) is 19.2 Å². The predicted molar refractivity (Wildman–Crippen MR) is 135 cm³/mol. The Morgan fingerprint density at radius 2 is 1.79 bits per heavy atom. The molecule has 5 nitrogen and oxygen atoms in total. The number of nitrogens with one attached hydrogen (secondary N) is 1. The molecule has 0 aliphatic rings. The maximum absolute atomic E-state index is 13.0. The summed E-state index contributed by atoms with van der Waals surface area (Å²) >= 11 is 3.53. The number of hydrazone groups is 1. The van der Waals surface area contributed by atoms with E-state index in [1.807, 2.05) is 30.3 Å². The number of hydrogen-bond donors (Lipinski definition) is 1. The van der Waals surface area contributed by atoms with Crippen LogP contribution >= 0.6 is 15.9 Å². The van der Waals surface area contributed by atoms with Crippen molar-refractivity contribution in [2.24, 2.45) is 5.10 Å². The van der Waals surface area contributed by atoms with Gasteiger partial charge in [-0.05, 0) is 62.1 Å². The lowest BCUT2D eigenvalue weighted by atomic mass is 10.1. The van der Waals surface area contributed by atoms with Crippen LogP contribution in [0.3, 0.4) is 0 Å². The molecular formula is C27H22BrFN2O3. The minimum atomic E-state index is -0.342. The van der Waals surface area contributed by atoms with Crippen molar-refractivity contribution < 1.29 is 18.7 Å². The van der Waals surface area contributed by atoms with Crippen molar-refractivity contribution >= 4 is 38.8 Å². The SMILES string of the molecule is COc1cc(/C=N/NC(=O)Cc2ccc(F)cc2)c(Br)cc1OCc1cccc2ccccc12. The molecule has 1 N–H and O–H groups in total. The Bertz CT molecular complexity index is 1330. The molecule has 0 fully saturated rings. The Kier molecular flexibility index (Phi) is 7.54. The average molecular weight is 521 g/mol. The van der Waals surface area contributed by atoms with Crippen molar-refractivity contribution in [1.82, 2.24) is 5.43 Å². The van der Waals surface area contributed by atoms with E-state index in [2.05, 4.69) is 44.7 Å². The fourth-order valence-electron chi connectivity index (χ4n) is 3.50. The van der Waals surface area contributed by atoms with Crippen LogP contribution in [-0.2, 0) is 17.8 Å². The Morgan fingerprint density at radius 1 is 1.03 bits per heavy atom. The third-order valence-corrected chi connectivity index (χ3v) is 5.90. The van der Waals surface area contributed by atoms with Gasteiger partial charge in [0.1, 0.15) is 12.4 Å². The van der Waals surface area contributed by atoms with Crippen molar-refractivity contribution in [2.75, 3.05) is 7.11 Å². The summed E-state index contributed by atoms with van der Waals surface area (Å²) in [7, 11) is 1.57.